The van der Waals surface area contributed by atoms with E-state index in [0.717, 1.165) is 16.3 Å². The highest BCUT2D eigenvalue weighted by Crippen LogP contribution is 2.26. The van der Waals surface area contributed by atoms with Gasteiger partial charge in [0.15, 0.2) is 5.16 Å². The molecule has 0 atom stereocenters. The van der Waals surface area contributed by atoms with Crippen molar-refractivity contribution in [3.63, 3.8) is 0 Å². The molecular formula is C22H24N4O3S2. The van der Waals surface area contributed by atoms with E-state index in [1.807, 2.05) is 32.0 Å². The number of carbonyl (C=O) groups excluding carboxylic acids is 1. The number of carbonyl (C=O) groups is 1. The summed E-state index contributed by atoms with van der Waals surface area (Å²) in [6.45, 7) is 7.60. The summed E-state index contributed by atoms with van der Waals surface area (Å²) < 4.78 is 26.9. The van der Waals surface area contributed by atoms with Crippen LogP contribution in [-0.4, -0.2) is 30.8 Å². The Morgan fingerprint density at radius 1 is 0.968 bits per heavy atom. The van der Waals surface area contributed by atoms with E-state index in [9.17, 15) is 13.2 Å². The topological polar surface area (TPSA) is 101 Å². The molecule has 2 aromatic carbocycles. The van der Waals surface area contributed by atoms with Crippen molar-refractivity contribution in [1.82, 2.24) is 14.7 Å². The number of sulfonamides is 1. The largest absolute Gasteiger partial charge is 0.322 e. The number of aryl methyl sites for hydroxylation is 3. The highest BCUT2D eigenvalue weighted by molar-refractivity contribution is 7.99. The van der Waals surface area contributed by atoms with Crippen molar-refractivity contribution in [2.45, 2.75) is 42.6 Å². The molecule has 2 N–H and O–H groups in total. The molecule has 3 aromatic rings. The first-order chi connectivity index (χ1) is 14.7. The van der Waals surface area contributed by atoms with Gasteiger partial charge < -0.3 is 5.32 Å². The van der Waals surface area contributed by atoms with E-state index in [0.29, 0.717) is 22.0 Å². The summed E-state index contributed by atoms with van der Waals surface area (Å²) in [4.78, 5) is 22.6. The van der Waals surface area contributed by atoms with Crippen molar-refractivity contribution in [1.29, 1.82) is 0 Å². The maximum atomic E-state index is 12.8. The van der Waals surface area contributed by atoms with Crippen LogP contribution in [0.3, 0.4) is 0 Å². The molecule has 1 amide bonds. The fourth-order valence-corrected chi connectivity index (χ4v) is 4.86. The SMILES string of the molecule is CCNS(=O)(=O)c1ccc(C)c(C(=O)Nc2ccc(Sc3nc(C)cc(C)n3)cc2)c1. The number of anilines is 1. The van der Waals surface area contributed by atoms with E-state index >= 15 is 0 Å². The lowest BCUT2D eigenvalue weighted by Gasteiger charge is -2.11. The quantitative estimate of drug-likeness (QED) is 0.519. The van der Waals surface area contributed by atoms with Crippen LogP contribution in [0.4, 0.5) is 5.69 Å². The Morgan fingerprint density at radius 3 is 2.23 bits per heavy atom. The first kappa shape index (κ1) is 22.9. The zero-order valence-corrected chi connectivity index (χ0v) is 19.4. The Bertz CT molecular complexity index is 1190. The first-order valence-corrected chi connectivity index (χ1v) is 12.0. The van der Waals surface area contributed by atoms with Crippen LogP contribution in [0.25, 0.3) is 0 Å². The molecule has 162 valence electrons. The van der Waals surface area contributed by atoms with Gasteiger partial charge >= 0.3 is 0 Å². The van der Waals surface area contributed by atoms with Gasteiger partial charge in [-0.15, -0.1) is 0 Å². The zero-order chi connectivity index (χ0) is 22.6. The lowest BCUT2D eigenvalue weighted by Crippen LogP contribution is -2.24. The molecule has 0 saturated heterocycles. The number of nitrogens with zero attached hydrogens (tertiary/aromatic N) is 2. The van der Waals surface area contributed by atoms with Gasteiger partial charge in [-0.3, -0.25) is 4.79 Å². The Morgan fingerprint density at radius 2 is 1.61 bits per heavy atom. The molecule has 7 nitrogen and oxygen atoms in total. The van der Waals surface area contributed by atoms with Gasteiger partial charge in [0.2, 0.25) is 10.0 Å². The average Bonchev–Trinajstić information content (AvgIpc) is 2.69. The third-order valence-corrected chi connectivity index (χ3v) is 6.80. The predicted molar refractivity (Wildman–Crippen MR) is 122 cm³/mol. The minimum Gasteiger partial charge on any atom is -0.322 e. The lowest BCUT2D eigenvalue weighted by molar-refractivity contribution is 0.102. The van der Waals surface area contributed by atoms with Crippen LogP contribution < -0.4 is 10.0 Å². The molecule has 1 aromatic heterocycles. The van der Waals surface area contributed by atoms with Crippen molar-refractivity contribution in [2.75, 3.05) is 11.9 Å². The minimum atomic E-state index is -3.64. The summed E-state index contributed by atoms with van der Waals surface area (Å²) in [6.07, 6.45) is 0. The molecule has 0 saturated carbocycles. The van der Waals surface area contributed by atoms with Gasteiger partial charge in [0, 0.05) is 34.1 Å². The van der Waals surface area contributed by atoms with Gasteiger partial charge in [-0.05, 0) is 80.6 Å². The maximum absolute atomic E-state index is 12.8. The van der Waals surface area contributed by atoms with Gasteiger partial charge in [-0.1, -0.05) is 13.0 Å². The summed E-state index contributed by atoms with van der Waals surface area (Å²) >= 11 is 1.44. The Kier molecular flexibility index (Phi) is 7.09. The summed E-state index contributed by atoms with van der Waals surface area (Å²) in [5, 5.41) is 3.49. The van der Waals surface area contributed by atoms with E-state index in [4.69, 9.17) is 0 Å². The number of hydrogen-bond acceptors (Lipinski definition) is 6. The van der Waals surface area contributed by atoms with Crippen LogP contribution in [-0.2, 0) is 10.0 Å². The second-order valence-electron chi connectivity index (χ2n) is 6.99. The molecule has 0 fully saturated rings. The lowest BCUT2D eigenvalue weighted by atomic mass is 10.1. The third kappa shape index (κ3) is 5.90. The van der Waals surface area contributed by atoms with Crippen molar-refractivity contribution in [3.05, 3.63) is 71.0 Å². The second kappa shape index (κ2) is 9.59. The van der Waals surface area contributed by atoms with E-state index < -0.39 is 10.0 Å². The molecule has 0 aliphatic rings. The van der Waals surface area contributed by atoms with E-state index in [2.05, 4.69) is 20.0 Å². The van der Waals surface area contributed by atoms with Crippen molar-refractivity contribution < 1.29 is 13.2 Å². The van der Waals surface area contributed by atoms with Gasteiger partial charge in [-0.2, -0.15) is 0 Å². The van der Waals surface area contributed by atoms with E-state index in [-0.39, 0.29) is 17.3 Å². The van der Waals surface area contributed by atoms with Crippen LogP contribution >= 0.6 is 11.8 Å². The monoisotopic (exact) mass is 456 g/mol. The summed E-state index contributed by atoms with van der Waals surface area (Å²) in [5.41, 5.74) is 3.42. The zero-order valence-electron chi connectivity index (χ0n) is 17.8. The summed E-state index contributed by atoms with van der Waals surface area (Å²) in [7, 11) is -3.64. The Balaban J connectivity index is 1.75. The molecule has 31 heavy (non-hydrogen) atoms. The Labute approximate surface area is 186 Å². The van der Waals surface area contributed by atoms with Gasteiger partial charge in [0.1, 0.15) is 0 Å². The summed E-state index contributed by atoms with van der Waals surface area (Å²) in [6, 6.07) is 13.8. The van der Waals surface area contributed by atoms with Crippen LogP contribution in [0.15, 0.2) is 63.5 Å². The fraction of sp³-hybridized carbons (Fsp3) is 0.227. The molecule has 0 aliphatic carbocycles. The molecule has 3 rings (SSSR count). The van der Waals surface area contributed by atoms with Crippen LogP contribution in [0.5, 0.6) is 0 Å². The van der Waals surface area contributed by atoms with Crippen LogP contribution in [0.2, 0.25) is 0 Å². The number of hydrogen-bond donors (Lipinski definition) is 2. The molecule has 0 spiro atoms. The smallest absolute Gasteiger partial charge is 0.255 e. The number of rotatable bonds is 7. The van der Waals surface area contributed by atoms with E-state index in [1.165, 1.54) is 23.9 Å². The molecule has 1 heterocycles. The van der Waals surface area contributed by atoms with Crippen LogP contribution in [0, 0.1) is 20.8 Å². The number of benzene rings is 2. The third-order valence-electron chi connectivity index (χ3n) is 4.38. The van der Waals surface area contributed by atoms with Crippen molar-refractivity contribution in [2.24, 2.45) is 0 Å². The molecule has 0 aliphatic heterocycles. The molecule has 0 unspecified atom stereocenters. The highest BCUT2D eigenvalue weighted by atomic mass is 32.2. The minimum absolute atomic E-state index is 0.0605. The van der Waals surface area contributed by atoms with Crippen molar-refractivity contribution in [3.8, 4) is 0 Å². The maximum Gasteiger partial charge on any atom is 0.255 e. The number of aromatic nitrogens is 2. The Hall–Kier alpha value is -2.75. The van der Waals surface area contributed by atoms with Gasteiger partial charge in [0.05, 0.1) is 4.90 Å². The predicted octanol–water partition coefficient (Wildman–Crippen LogP) is 4.10. The van der Waals surface area contributed by atoms with Crippen molar-refractivity contribution >= 4 is 33.4 Å². The van der Waals surface area contributed by atoms with Gasteiger partial charge in [-0.25, -0.2) is 23.1 Å². The second-order valence-corrected chi connectivity index (χ2v) is 9.80. The molecule has 0 bridgehead atoms. The normalized spacial score (nSPS) is 11.4. The van der Waals surface area contributed by atoms with E-state index in [1.54, 1.807) is 32.0 Å². The number of nitrogens with one attached hydrogen (secondary N) is 2. The van der Waals surface area contributed by atoms with Gasteiger partial charge in [0.25, 0.3) is 5.91 Å². The standard InChI is InChI=1S/C22H24N4O3S2/c1-5-23-31(28,29)19-11-6-14(2)20(13-19)21(27)26-17-7-9-18(10-8-17)30-22-24-15(3)12-16(4)25-22/h6-13,23H,5H2,1-4H3,(H,26,27). The summed E-state index contributed by atoms with van der Waals surface area (Å²) in [5.74, 6) is -0.371. The first-order valence-electron chi connectivity index (χ1n) is 9.70. The van der Waals surface area contributed by atoms with Crippen LogP contribution in [0.1, 0.15) is 34.2 Å². The molecule has 9 heteroatoms. The fourth-order valence-electron chi connectivity index (χ4n) is 2.94. The average molecular weight is 457 g/mol. The number of amides is 1. The highest BCUT2D eigenvalue weighted by Gasteiger charge is 2.17. The molecule has 0 radical (unpaired) electrons. The molecular weight excluding hydrogens is 432 g/mol.